The van der Waals surface area contributed by atoms with Crippen LogP contribution < -0.4 is 10.6 Å². The Morgan fingerprint density at radius 1 is 1.12 bits per heavy atom. The van der Waals surface area contributed by atoms with Gasteiger partial charge in [0.15, 0.2) is 0 Å². The summed E-state index contributed by atoms with van der Waals surface area (Å²) in [6.45, 7) is 4.38. The topological polar surface area (TPSA) is 29.3 Å². The van der Waals surface area contributed by atoms with Gasteiger partial charge in [-0.1, -0.05) is 24.4 Å². The summed E-state index contributed by atoms with van der Waals surface area (Å²) in [5.74, 6) is 0. The molecule has 0 amide bonds. The van der Waals surface area contributed by atoms with Crippen LogP contribution in [0.3, 0.4) is 0 Å². The maximum absolute atomic E-state index is 6.09. The first-order valence-electron chi connectivity index (χ1n) is 5.99. The van der Waals surface area contributed by atoms with Gasteiger partial charge >= 0.3 is 0 Å². The van der Waals surface area contributed by atoms with E-state index >= 15 is 0 Å². The maximum atomic E-state index is 6.09. The molecule has 1 aliphatic rings. The van der Waals surface area contributed by atoms with E-state index in [0.717, 1.165) is 13.1 Å². The number of nitrogen functional groups attached to an aromatic ring is 1. The van der Waals surface area contributed by atoms with Crippen LogP contribution >= 0.6 is 11.6 Å². The van der Waals surface area contributed by atoms with Crippen molar-refractivity contribution < 1.29 is 0 Å². The van der Waals surface area contributed by atoms with Gasteiger partial charge < -0.3 is 10.6 Å². The van der Waals surface area contributed by atoms with Crippen molar-refractivity contribution in [2.75, 3.05) is 23.7 Å². The van der Waals surface area contributed by atoms with E-state index < -0.39 is 0 Å². The molecule has 1 fully saturated rings. The molecule has 0 atom stereocenters. The fraction of sp³-hybridized carbons (Fsp3) is 0.538. The molecule has 16 heavy (non-hydrogen) atoms. The predicted molar refractivity (Wildman–Crippen MR) is 71.3 cm³/mol. The molecule has 0 unspecified atom stereocenters. The first kappa shape index (κ1) is 11.6. The van der Waals surface area contributed by atoms with Crippen LogP contribution in [-0.4, -0.2) is 13.1 Å². The normalized spacial score (nSPS) is 17.2. The number of aryl methyl sites for hydroxylation is 1. The summed E-state index contributed by atoms with van der Waals surface area (Å²) in [4.78, 5) is 2.44. The lowest BCUT2D eigenvalue weighted by molar-refractivity contribution is 0.726. The predicted octanol–water partition coefficient (Wildman–Crippen LogP) is 3.61. The zero-order valence-corrected chi connectivity index (χ0v) is 10.6. The van der Waals surface area contributed by atoms with E-state index in [4.69, 9.17) is 17.3 Å². The monoisotopic (exact) mass is 238 g/mol. The van der Waals surface area contributed by atoms with Gasteiger partial charge in [0.1, 0.15) is 0 Å². The lowest BCUT2D eigenvalue weighted by atomic mass is 10.1. The number of hydrogen-bond acceptors (Lipinski definition) is 2. The first-order chi connectivity index (χ1) is 7.68. The van der Waals surface area contributed by atoms with Gasteiger partial charge in [0.2, 0.25) is 0 Å². The highest BCUT2D eigenvalue weighted by molar-refractivity contribution is 6.33. The van der Waals surface area contributed by atoms with E-state index in [1.807, 2.05) is 12.1 Å². The molecule has 88 valence electrons. The summed E-state index contributed by atoms with van der Waals surface area (Å²) < 4.78 is 0. The van der Waals surface area contributed by atoms with E-state index in [1.165, 1.54) is 36.9 Å². The molecule has 1 aromatic carbocycles. The molecule has 3 heteroatoms. The fourth-order valence-corrected chi connectivity index (χ4v) is 2.50. The Kier molecular flexibility index (Phi) is 3.59. The highest BCUT2D eigenvalue weighted by Gasteiger charge is 2.13. The summed E-state index contributed by atoms with van der Waals surface area (Å²) >= 11 is 6.09. The highest BCUT2D eigenvalue weighted by Crippen LogP contribution is 2.30. The van der Waals surface area contributed by atoms with E-state index in [9.17, 15) is 0 Å². The Balaban J connectivity index is 2.27. The van der Waals surface area contributed by atoms with Gasteiger partial charge in [-0.2, -0.15) is 0 Å². The molecule has 0 bridgehead atoms. The first-order valence-corrected chi connectivity index (χ1v) is 6.37. The summed E-state index contributed by atoms with van der Waals surface area (Å²) in [7, 11) is 0. The molecule has 1 aliphatic heterocycles. The second kappa shape index (κ2) is 4.96. The smallest absolute Gasteiger partial charge is 0.0656 e. The van der Waals surface area contributed by atoms with Crippen LogP contribution in [0.2, 0.25) is 5.02 Å². The van der Waals surface area contributed by atoms with Crippen molar-refractivity contribution in [2.24, 2.45) is 0 Å². The van der Waals surface area contributed by atoms with Crippen LogP contribution in [0.5, 0.6) is 0 Å². The molecule has 1 saturated heterocycles. The number of anilines is 2. The lowest BCUT2D eigenvalue weighted by Gasteiger charge is -2.25. The minimum absolute atomic E-state index is 0.671. The average Bonchev–Trinajstić information content (AvgIpc) is 2.52. The quantitative estimate of drug-likeness (QED) is 0.758. The Morgan fingerprint density at radius 2 is 1.75 bits per heavy atom. The van der Waals surface area contributed by atoms with Crippen molar-refractivity contribution in [1.29, 1.82) is 0 Å². The molecule has 0 aliphatic carbocycles. The molecule has 0 aromatic heterocycles. The Hall–Kier alpha value is -0.890. The minimum atomic E-state index is 0.671. The third-order valence-corrected chi connectivity index (χ3v) is 3.59. The Labute approximate surface area is 102 Å². The number of nitrogens with zero attached hydrogens (tertiary/aromatic N) is 1. The van der Waals surface area contributed by atoms with Gasteiger partial charge in [0.25, 0.3) is 0 Å². The highest BCUT2D eigenvalue weighted by atomic mass is 35.5. The van der Waals surface area contributed by atoms with Gasteiger partial charge in [0.05, 0.1) is 10.7 Å². The van der Waals surface area contributed by atoms with Crippen molar-refractivity contribution in [3.63, 3.8) is 0 Å². The molecule has 2 nitrogen and oxygen atoms in total. The molecule has 0 saturated carbocycles. The number of rotatable bonds is 1. The van der Waals surface area contributed by atoms with E-state index in [1.54, 1.807) is 0 Å². The second-order valence-electron chi connectivity index (χ2n) is 4.56. The van der Waals surface area contributed by atoms with Crippen LogP contribution in [-0.2, 0) is 0 Å². The van der Waals surface area contributed by atoms with Gasteiger partial charge in [-0.3, -0.25) is 0 Å². The molecule has 0 spiro atoms. The van der Waals surface area contributed by atoms with Crippen LogP contribution in [0.15, 0.2) is 12.1 Å². The van der Waals surface area contributed by atoms with Crippen molar-refractivity contribution in [1.82, 2.24) is 0 Å². The van der Waals surface area contributed by atoms with E-state index in [2.05, 4.69) is 11.8 Å². The maximum Gasteiger partial charge on any atom is 0.0656 e. The second-order valence-corrected chi connectivity index (χ2v) is 4.97. The molecular weight excluding hydrogens is 220 g/mol. The van der Waals surface area contributed by atoms with Gasteiger partial charge in [0, 0.05) is 18.8 Å². The Bertz CT molecular complexity index is 368. The fourth-order valence-electron chi connectivity index (χ4n) is 2.35. The third kappa shape index (κ3) is 2.43. The van der Waals surface area contributed by atoms with Crippen molar-refractivity contribution in [3.05, 3.63) is 22.7 Å². The Morgan fingerprint density at radius 3 is 2.38 bits per heavy atom. The van der Waals surface area contributed by atoms with Gasteiger partial charge in [-0.25, -0.2) is 0 Å². The summed E-state index contributed by atoms with van der Waals surface area (Å²) in [6, 6.07) is 3.99. The molecule has 2 rings (SSSR count). The number of hydrogen-bond donors (Lipinski definition) is 1. The number of halogens is 1. The number of nitrogens with two attached hydrogens (primary N) is 1. The molecular formula is C13H19ClN2. The molecule has 1 aromatic rings. The largest absolute Gasteiger partial charge is 0.398 e. The molecule has 1 heterocycles. The summed E-state index contributed by atoms with van der Waals surface area (Å²) in [5.41, 5.74) is 8.95. The lowest BCUT2D eigenvalue weighted by Crippen LogP contribution is -2.24. The van der Waals surface area contributed by atoms with Gasteiger partial charge in [-0.05, 0) is 37.5 Å². The van der Waals surface area contributed by atoms with Crippen LogP contribution in [0, 0.1) is 6.92 Å². The third-order valence-electron chi connectivity index (χ3n) is 3.26. The standard InChI is InChI=1S/C13H19ClN2/c1-10-8-12(15)11(14)9-13(10)16-6-4-2-3-5-7-16/h8-9H,2-7,15H2,1H3. The molecule has 2 N–H and O–H groups in total. The van der Waals surface area contributed by atoms with Crippen molar-refractivity contribution in [2.45, 2.75) is 32.6 Å². The summed E-state index contributed by atoms with van der Waals surface area (Å²) in [5, 5.41) is 0.671. The van der Waals surface area contributed by atoms with Crippen LogP contribution in [0.1, 0.15) is 31.2 Å². The zero-order chi connectivity index (χ0) is 11.5. The van der Waals surface area contributed by atoms with E-state index in [0.29, 0.717) is 10.7 Å². The van der Waals surface area contributed by atoms with Crippen molar-refractivity contribution in [3.8, 4) is 0 Å². The van der Waals surface area contributed by atoms with E-state index in [-0.39, 0.29) is 0 Å². The number of benzene rings is 1. The minimum Gasteiger partial charge on any atom is -0.398 e. The van der Waals surface area contributed by atoms with Crippen LogP contribution in [0.4, 0.5) is 11.4 Å². The van der Waals surface area contributed by atoms with Crippen LogP contribution in [0.25, 0.3) is 0 Å². The zero-order valence-electron chi connectivity index (χ0n) is 9.80. The average molecular weight is 239 g/mol. The van der Waals surface area contributed by atoms with Crippen molar-refractivity contribution >= 4 is 23.0 Å². The van der Waals surface area contributed by atoms with Gasteiger partial charge in [-0.15, -0.1) is 0 Å². The molecule has 0 radical (unpaired) electrons. The SMILES string of the molecule is Cc1cc(N)c(Cl)cc1N1CCCCCC1. The summed E-state index contributed by atoms with van der Waals surface area (Å²) in [6.07, 6.45) is 5.25.